The van der Waals surface area contributed by atoms with Crippen molar-refractivity contribution in [1.29, 1.82) is 0 Å². The van der Waals surface area contributed by atoms with Gasteiger partial charge in [-0.2, -0.15) is 0 Å². The van der Waals surface area contributed by atoms with Gasteiger partial charge in [-0.3, -0.25) is 4.90 Å². The van der Waals surface area contributed by atoms with Gasteiger partial charge in [-0.1, -0.05) is 29.8 Å². The number of hydrogen-bond donors (Lipinski definition) is 1. The first-order valence-electron chi connectivity index (χ1n) is 8.28. The number of rotatable bonds is 2. The third kappa shape index (κ3) is 2.19. The first-order chi connectivity index (χ1) is 9.77. The third-order valence-electron chi connectivity index (χ3n) is 5.81. The Hall–Kier alpha value is -0.860. The van der Waals surface area contributed by atoms with Gasteiger partial charge in [-0.15, -0.1) is 0 Å². The number of nitrogens with one attached hydrogen (secondary N) is 1. The van der Waals surface area contributed by atoms with E-state index in [0.717, 1.165) is 6.04 Å². The predicted molar refractivity (Wildman–Crippen MR) is 83.1 cm³/mol. The number of nitrogens with zero attached hydrogens (tertiary/aromatic N) is 1. The zero-order chi connectivity index (χ0) is 13.6. The van der Waals surface area contributed by atoms with E-state index in [0.29, 0.717) is 11.3 Å². The van der Waals surface area contributed by atoms with Gasteiger partial charge in [0.1, 0.15) is 0 Å². The highest BCUT2D eigenvalue weighted by Gasteiger charge is 2.48. The SMILES string of the molecule is Cc1cccc(C2CNCCC23CCN(C2CC2)C3)c1. The second kappa shape index (κ2) is 4.85. The maximum Gasteiger partial charge on any atom is 0.00966 e. The number of likely N-dealkylation sites (tertiary alicyclic amines) is 1. The quantitative estimate of drug-likeness (QED) is 0.889. The number of piperidine rings is 1. The highest BCUT2D eigenvalue weighted by molar-refractivity contribution is 5.29. The molecule has 2 unspecified atom stereocenters. The summed E-state index contributed by atoms with van der Waals surface area (Å²) < 4.78 is 0. The van der Waals surface area contributed by atoms with Crippen molar-refractivity contribution < 1.29 is 0 Å². The summed E-state index contributed by atoms with van der Waals surface area (Å²) in [6, 6.07) is 10.2. The van der Waals surface area contributed by atoms with Crippen LogP contribution in [0.3, 0.4) is 0 Å². The number of benzene rings is 1. The van der Waals surface area contributed by atoms with E-state index < -0.39 is 0 Å². The fraction of sp³-hybridized carbons (Fsp3) is 0.667. The van der Waals surface area contributed by atoms with E-state index in [1.54, 1.807) is 5.56 Å². The van der Waals surface area contributed by atoms with Crippen molar-refractivity contribution in [2.45, 2.75) is 44.6 Å². The molecule has 2 heterocycles. The molecule has 0 aromatic heterocycles. The molecule has 2 heteroatoms. The van der Waals surface area contributed by atoms with Crippen LogP contribution in [0.4, 0.5) is 0 Å². The van der Waals surface area contributed by atoms with Gasteiger partial charge in [-0.25, -0.2) is 0 Å². The van der Waals surface area contributed by atoms with Gasteiger partial charge in [0.2, 0.25) is 0 Å². The number of aryl methyl sites for hydroxylation is 1. The molecule has 2 atom stereocenters. The van der Waals surface area contributed by atoms with Gasteiger partial charge >= 0.3 is 0 Å². The van der Waals surface area contributed by atoms with Crippen LogP contribution in [0.15, 0.2) is 24.3 Å². The molecule has 20 heavy (non-hydrogen) atoms. The Morgan fingerprint density at radius 1 is 1.25 bits per heavy atom. The van der Waals surface area contributed by atoms with Crippen LogP contribution in [-0.4, -0.2) is 37.1 Å². The molecule has 4 rings (SSSR count). The summed E-state index contributed by atoms with van der Waals surface area (Å²) in [6.45, 7) is 7.28. The molecular weight excluding hydrogens is 244 g/mol. The highest BCUT2D eigenvalue weighted by Crippen LogP contribution is 2.49. The molecule has 1 aliphatic carbocycles. The van der Waals surface area contributed by atoms with Gasteiger partial charge < -0.3 is 5.32 Å². The fourth-order valence-corrected chi connectivity index (χ4v) is 4.50. The van der Waals surface area contributed by atoms with E-state index >= 15 is 0 Å². The predicted octanol–water partition coefficient (Wildman–Crippen LogP) is 2.93. The van der Waals surface area contributed by atoms with E-state index in [1.165, 1.54) is 57.4 Å². The first-order valence-corrected chi connectivity index (χ1v) is 8.28. The van der Waals surface area contributed by atoms with Gasteiger partial charge in [0, 0.05) is 25.0 Å². The van der Waals surface area contributed by atoms with Crippen LogP contribution < -0.4 is 5.32 Å². The summed E-state index contributed by atoms with van der Waals surface area (Å²) in [6.07, 6.45) is 5.66. The van der Waals surface area contributed by atoms with Crippen molar-refractivity contribution in [2.75, 3.05) is 26.2 Å². The lowest BCUT2D eigenvalue weighted by Crippen LogP contribution is -2.45. The monoisotopic (exact) mass is 270 g/mol. The largest absolute Gasteiger partial charge is 0.316 e. The van der Waals surface area contributed by atoms with E-state index in [-0.39, 0.29) is 0 Å². The molecule has 3 fully saturated rings. The second-order valence-electron chi connectivity index (χ2n) is 7.23. The van der Waals surface area contributed by atoms with Crippen LogP contribution in [0.2, 0.25) is 0 Å². The zero-order valence-electron chi connectivity index (χ0n) is 12.6. The molecule has 2 nitrogen and oxygen atoms in total. The third-order valence-corrected chi connectivity index (χ3v) is 5.81. The summed E-state index contributed by atoms with van der Waals surface area (Å²) in [5.41, 5.74) is 3.51. The topological polar surface area (TPSA) is 15.3 Å². The molecule has 0 amide bonds. The van der Waals surface area contributed by atoms with Crippen molar-refractivity contribution in [1.82, 2.24) is 10.2 Å². The van der Waals surface area contributed by atoms with Crippen molar-refractivity contribution >= 4 is 0 Å². The van der Waals surface area contributed by atoms with Crippen molar-refractivity contribution in [3.63, 3.8) is 0 Å². The van der Waals surface area contributed by atoms with Crippen molar-refractivity contribution in [3.05, 3.63) is 35.4 Å². The molecular formula is C18H26N2. The second-order valence-corrected chi connectivity index (χ2v) is 7.23. The van der Waals surface area contributed by atoms with Crippen LogP contribution in [0, 0.1) is 12.3 Å². The lowest BCUT2D eigenvalue weighted by molar-refractivity contribution is 0.160. The van der Waals surface area contributed by atoms with Gasteiger partial charge in [0.25, 0.3) is 0 Å². The normalized spacial score (nSPS) is 34.8. The molecule has 108 valence electrons. The smallest absolute Gasteiger partial charge is 0.00966 e. The van der Waals surface area contributed by atoms with Crippen LogP contribution in [0.5, 0.6) is 0 Å². The minimum absolute atomic E-state index is 0.543. The first kappa shape index (κ1) is 12.8. The Balaban J connectivity index is 1.62. The van der Waals surface area contributed by atoms with Gasteiger partial charge in [0.15, 0.2) is 0 Å². The molecule has 1 saturated carbocycles. The summed E-state index contributed by atoms with van der Waals surface area (Å²) in [5, 5.41) is 3.65. The molecule has 1 N–H and O–H groups in total. The molecule has 1 aromatic rings. The minimum atomic E-state index is 0.543. The maximum atomic E-state index is 3.65. The Morgan fingerprint density at radius 2 is 2.15 bits per heavy atom. The molecule has 2 saturated heterocycles. The Morgan fingerprint density at radius 3 is 2.95 bits per heavy atom. The average molecular weight is 270 g/mol. The van der Waals surface area contributed by atoms with E-state index in [4.69, 9.17) is 0 Å². The summed E-state index contributed by atoms with van der Waals surface area (Å²) >= 11 is 0. The summed E-state index contributed by atoms with van der Waals surface area (Å²) in [4.78, 5) is 2.79. The van der Waals surface area contributed by atoms with Crippen molar-refractivity contribution in [3.8, 4) is 0 Å². The molecule has 0 radical (unpaired) electrons. The molecule has 2 aliphatic heterocycles. The summed E-state index contributed by atoms with van der Waals surface area (Å²) in [5.74, 6) is 0.708. The average Bonchev–Trinajstić information content (AvgIpc) is 3.23. The highest BCUT2D eigenvalue weighted by atomic mass is 15.2. The van der Waals surface area contributed by atoms with Crippen LogP contribution in [0.25, 0.3) is 0 Å². The Labute approximate surface area is 122 Å². The molecule has 0 bridgehead atoms. The standard InChI is InChI=1S/C18H26N2/c1-14-3-2-4-15(11-14)17-12-19-9-7-18(17)8-10-20(13-18)16-5-6-16/h2-4,11,16-17,19H,5-10,12-13H2,1H3. The van der Waals surface area contributed by atoms with Gasteiger partial charge in [-0.05, 0) is 56.7 Å². The lowest BCUT2D eigenvalue weighted by atomic mass is 9.67. The number of hydrogen-bond acceptors (Lipinski definition) is 2. The van der Waals surface area contributed by atoms with Crippen LogP contribution in [-0.2, 0) is 0 Å². The van der Waals surface area contributed by atoms with E-state index in [1.807, 2.05) is 0 Å². The lowest BCUT2D eigenvalue weighted by Gasteiger charge is -2.42. The fourth-order valence-electron chi connectivity index (χ4n) is 4.50. The zero-order valence-corrected chi connectivity index (χ0v) is 12.6. The minimum Gasteiger partial charge on any atom is -0.316 e. The van der Waals surface area contributed by atoms with Crippen LogP contribution in [0.1, 0.15) is 42.7 Å². The molecule has 3 aliphatic rings. The van der Waals surface area contributed by atoms with Crippen LogP contribution >= 0.6 is 0 Å². The van der Waals surface area contributed by atoms with E-state index in [9.17, 15) is 0 Å². The maximum absolute atomic E-state index is 3.65. The Bertz CT molecular complexity index is 494. The van der Waals surface area contributed by atoms with E-state index in [2.05, 4.69) is 41.4 Å². The Kier molecular flexibility index (Phi) is 3.12. The summed E-state index contributed by atoms with van der Waals surface area (Å²) in [7, 11) is 0. The molecule has 1 aromatic carbocycles. The van der Waals surface area contributed by atoms with Gasteiger partial charge in [0.05, 0.1) is 0 Å². The van der Waals surface area contributed by atoms with Crippen molar-refractivity contribution in [2.24, 2.45) is 5.41 Å². The molecule has 1 spiro atoms.